The Kier molecular flexibility index (Phi) is 3.84. The average molecular weight is 276 g/mol. The van der Waals surface area contributed by atoms with Crippen molar-refractivity contribution in [1.82, 2.24) is 9.47 Å². The van der Waals surface area contributed by atoms with Crippen molar-refractivity contribution in [2.24, 2.45) is 0 Å². The Hall–Kier alpha value is -1.50. The number of hydrogen-bond acceptors (Lipinski definition) is 2. The van der Waals surface area contributed by atoms with Crippen LogP contribution in [0.25, 0.3) is 0 Å². The molecule has 2 heterocycles. The molecule has 1 aromatic heterocycles. The molecule has 1 aliphatic rings. The molecule has 0 saturated carbocycles. The maximum Gasteiger partial charge on any atom is 0.406 e. The van der Waals surface area contributed by atoms with Crippen LogP contribution < -0.4 is 0 Å². The SMILES string of the molecule is O=C(c1cccn1CC(F)(F)F)N1CCC[C@H]1CO. The molecule has 1 aliphatic heterocycles. The smallest absolute Gasteiger partial charge is 0.394 e. The van der Waals surface area contributed by atoms with E-state index >= 15 is 0 Å². The molecule has 1 fully saturated rings. The van der Waals surface area contributed by atoms with E-state index in [-0.39, 0.29) is 18.3 Å². The molecule has 0 bridgehead atoms. The lowest BCUT2D eigenvalue weighted by molar-refractivity contribution is -0.140. The van der Waals surface area contributed by atoms with Gasteiger partial charge in [0.15, 0.2) is 0 Å². The normalized spacial score (nSPS) is 20.0. The van der Waals surface area contributed by atoms with Crippen molar-refractivity contribution in [1.29, 1.82) is 0 Å². The monoisotopic (exact) mass is 276 g/mol. The molecule has 7 heteroatoms. The third kappa shape index (κ3) is 3.09. The van der Waals surface area contributed by atoms with Gasteiger partial charge in [0.25, 0.3) is 5.91 Å². The van der Waals surface area contributed by atoms with E-state index in [1.807, 2.05) is 0 Å². The highest BCUT2D eigenvalue weighted by Crippen LogP contribution is 2.23. The zero-order valence-corrected chi connectivity index (χ0v) is 10.2. The van der Waals surface area contributed by atoms with Gasteiger partial charge in [-0.25, -0.2) is 0 Å². The Morgan fingerprint density at radius 2 is 2.21 bits per heavy atom. The van der Waals surface area contributed by atoms with Crippen molar-refractivity contribution >= 4 is 5.91 Å². The minimum Gasteiger partial charge on any atom is -0.394 e. The van der Waals surface area contributed by atoms with Crippen molar-refractivity contribution in [2.45, 2.75) is 31.6 Å². The van der Waals surface area contributed by atoms with Crippen LogP contribution >= 0.6 is 0 Å². The van der Waals surface area contributed by atoms with Crippen LogP contribution in [0.15, 0.2) is 18.3 Å². The van der Waals surface area contributed by atoms with Crippen LogP contribution in [0.2, 0.25) is 0 Å². The molecule has 106 valence electrons. The van der Waals surface area contributed by atoms with Crippen molar-refractivity contribution in [3.8, 4) is 0 Å². The first-order valence-corrected chi connectivity index (χ1v) is 6.06. The van der Waals surface area contributed by atoms with Gasteiger partial charge in [-0.1, -0.05) is 0 Å². The second kappa shape index (κ2) is 5.24. The van der Waals surface area contributed by atoms with E-state index in [0.29, 0.717) is 13.0 Å². The summed E-state index contributed by atoms with van der Waals surface area (Å²) in [5.41, 5.74) is 0.0117. The molecule has 1 saturated heterocycles. The van der Waals surface area contributed by atoms with E-state index in [1.165, 1.54) is 23.2 Å². The first kappa shape index (κ1) is 13.9. The van der Waals surface area contributed by atoms with Gasteiger partial charge >= 0.3 is 6.18 Å². The summed E-state index contributed by atoms with van der Waals surface area (Å²) in [5, 5.41) is 9.16. The van der Waals surface area contributed by atoms with Gasteiger partial charge in [-0.3, -0.25) is 4.79 Å². The van der Waals surface area contributed by atoms with Gasteiger partial charge in [0.1, 0.15) is 12.2 Å². The Balaban J connectivity index is 2.18. The number of aliphatic hydroxyl groups excluding tert-OH is 1. The Morgan fingerprint density at radius 3 is 2.84 bits per heavy atom. The van der Waals surface area contributed by atoms with E-state index in [0.717, 1.165) is 11.0 Å². The Morgan fingerprint density at radius 1 is 1.47 bits per heavy atom. The van der Waals surface area contributed by atoms with Gasteiger partial charge in [-0.15, -0.1) is 0 Å². The van der Waals surface area contributed by atoms with Gasteiger partial charge in [-0.05, 0) is 25.0 Å². The number of aromatic nitrogens is 1. The summed E-state index contributed by atoms with van der Waals surface area (Å²) in [6, 6.07) is 2.51. The standard InChI is InChI=1S/C12H15F3N2O2/c13-12(14,15)8-16-5-2-4-10(16)11(19)17-6-1-3-9(17)7-18/h2,4-5,9,18H,1,3,6-8H2/t9-/m0/s1. The van der Waals surface area contributed by atoms with Crippen LogP contribution in [0.1, 0.15) is 23.3 Å². The lowest BCUT2D eigenvalue weighted by Crippen LogP contribution is -2.39. The number of rotatable bonds is 3. The number of likely N-dealkylation sites (tertiary alicyclic amines) is 1. The third-order valence-electron chi connectivity index (χ3n) is 3.25. The summed E-state index contributed by atoms with van der Waals surface area (Å²) < 4.78 is 38.1. The maximum absolute atomic E-state index is 12.4. The highest BCUT2D eigenvalue weighted by Gasteiger charge is 2.33. The van der Waals surface area contributed by atoms with Gasteiger partial charge < -0.3 is 14.6 Å². The lowest BCUT2D eigenvalue weighted by Gasteiger charge is -2.23. The number of halogens is 3. The molecular formula is C12H15F3N2O2. The van der Waals surface area contributed by atoms with Gasteiger partial charge in [-0.2, -0.15) is 13.2 Å². The molecule has 0 radical (unpaired) electrons. The van der Waals surface area contributed by atoms with Gasteiger partial charge in [0.2, 0.25) is 0 Å². The number of carbonyl (C=O) groups is 1. The van der Waals surface area contributed by atoms with E-state index < -0.39 is 18.6 Å². The van der Waals surface area contributed by atoms with Crippen LogP contribution in [-0.2, 0) is 6.54 Å². The molecule has 1 amide bonds. The molecule has 4 nitrogen and oxygen atoms in total. The van der Waals surface area contributed by atoms with E-state index in [9.17, 15) is 18.0 Å². The highest BCUT2D eigenvalue weighted by molar-refractivity contribution is 5.93. The topological polar surface area (TPSA) is 45.5 Å². The van der Waals surface area contributed by atoms with Crippen LogP contribution in [0, 0.1) is 0 Å². The lowest BCUT2D eigenvalue weighted by atomic mass is 10.2. The van der Waals surface area contributed by atoms with Crippen molar-refractivity contribution in [3.63, 3.8) is 0 Å². The number of hydrogen-bond donors (Lipinski definition) is 1. The highest BCUT2D eigenvalue weighted by atomic mass is 19.4. The first-order valence-electron chi connectivity index (χ1n) is 6.06. The summed E-state index contributed by atoms with van der Waals surface area (Å²) >= 11 is 0. The van der Waals surface area contributed by atoms with Crippen molar-refractivity contribution in [2.75, 3.05) is 13.2 Å². The minimum atomic E-state index is -4.37. The number of carbonyl (C=O) groups excluding carboxylic acids is 1. The minimum absolute atomic E-state index is 0.0117. The van der Waals surface area contributed by atoms with Crippen LogP contribution in [-0.4, -0.2) is 45.9 Å². The third-order valence-corrected chi connectivity index (χ3v) is 3.25. The van der Waals surface area contributed by atoms with E-state index in [2.05, 4.69) is 0 Å². The van der Waals surface area contributed by atoms with Crippen LogP contribution in [0.5, 0.6) is 0 Å². The Bertz CT molecular complexity index is 456. The Labute approximate surface area is 108 Å². The summed E-state index contributed by atoms with van der Waals surface area (Å²) in [5.74, 6) is -0.453. The number of alkyl halides is 3. The fraction of sp³-hybridized carbons (Fsp3) is 0.583. The molecule has 19 heavy (non-hydrogen) atoms. The number of nitrogens with zero attached hydrogens (tertiary/aromatic N) is 2. The zero-order chi connectivity index (χ0) is 14.0. The molecule has 1 atom stereocenters. The molecular weight excluding hydrogens is 261 g/mol. The van der Waals surface area contributed by atoms with Gasteiger partial charge in [0.05, 0.1) is 12.6 Å². The van der Waals surface area contributed by atoms with Crippen molar-refractivity contribution < 1.29 is 23.1 Å². The van der Waals surface area contributed by atoms with Crippen molar-refractivity contribution in [3.05, 3.63) is 24.0 Å². The first-order chi connectivity index (χ1) is 8.92. The summed E-state index contributed by atoms with van der Waals surface area (Å²) in [6.45, 7) is -0.869. The van der Waals surface area contributed by atoms with E-state index in [1.54, 1.807) is 0 Å². The van der Waals surface area contributed by atoms with Crippen LogP contribution in [0.4, 0.5) is 13.2 Å². The maximum atomic E-state index is 12.4. The average Bonchev–Trinajstić information content (AvgIpc) is 2.93. The predicted octanol–water partition coefficient (Wildman–Crippen LogP) is 1.65. The summed E-state index contributed by atoms with van der Waals surface area (Å²) in [6.07, 6.45) is -1.68. The predicted molar refractivity (Wildman–Crippen MR) is 61.6 cm³/mol. The number of amides is 1. The summed E-state index contributed by atoms with van der Waals surface area (Å²) in [7, 11) is 0. The number of aliphatic hydroxyl groups is 1. The van der Waals surface area contributed by atoms with Gasteiger partial charge in [0, 0.05) is 12.7 Å². The molecule has 0 aromatic carbocycles. The second-order valence-corrected chi connectivity index (χ2v) is 4.61. The zero-order valence-electron chi connectivity index (χ0n) is 10.2. The fourth-order valence-electron chi connectivity index (χ4n) is 2.38. The molecule has 2 rings (SSSR count). The molecule has 0 spiro atoms. The van der Waals surface area contributed by atoms with Crippen LogP contribution in [0.3, 0.4) is 0 Å². The largest absolute Gasteiger partial charge is 0.406 e. The quantitative estimate of drug-likeness (QED) is 0.912. The summed E-state index contributed by atoms with van der Waals surface area (Å²) in [4.78, 5) is 13.7. The molecule has 0 unspecified atom stereocenters. The molecule has 1 N–H and O–H groups in total. The fourth-order valence-corrected chi connectivity index (χ4v) is 2.38. The molecule has 0 aliphatic carbocycles. The molecule has 1 aromatic rings. The second-order valence-electron chi connectivity index (χ2n) is 4.61. The van der Waals surface area contributed by atoms with E-state index in [4.69, 9.17) is 5.11 Å².